The largest absolute Gasteiger partial charge is 0.493 e. The van der Waals surface area contributed by atoms with Crippen molar-refractivity contribution in [3.63, 3.8) is 0 Å². The molecule has 0 radical (unpaired) electrons. The molecule has 154 valence electrons. The van der Waals surface area contributed by atoms with Crippen molar-refractivity contribution in [1.82, 2.24) is 0 Å². The number of aryl methyl sites for hydroxylation is 3. The Morgan fingerprint density at radius 3 is 2.31 bits per heavy atom. The molecule has 0 saturated carbocycles. The number of allylic oxidation sites excluding steroid dienone is 1. The summed E-state index contributed by atoms with van der Waals surface area (Å²) in [6.07, 6.45) is 3.84. The summed E-state index contributed by atoms with van der Waals surface area (Å²) in [5, 5.41) is 2.79. The monoisotopic (exact) mass is 397 g/mol. The van der Waals surface area contributed by atoms with Crippen LogP contribution >= 0.6 is 0 Å². The topological polar surface area (TPSA) is 73.9 Å². The van der Waals surface area contributed by atoms with E-state index in [-0.39, 0.29) is 13.2 Å². The molecule has 6 nitrogen and oxygen atoms in total. The number of nitrogens with one attached hydrogen (secondary N) is 1. The minimum atomic E-state index is -0.642. The van der Waals surface area contributed by atoms with Gasteiger partial charge in [-0.05, 0) is 56.5 Å². The Bertz CT molecular complexity index is 894. The minimum absolute atomic E-state index is 0.324. The molecule has 0 aliphatic carbocycles. The summed E-state index contributed by atoms with van der Waals surface area (Å²) in [5.74, 6) is -0.108. The van der Waals surface area contributed by atoms with E-state index in [1.807, 2.05) is 58.0 Å². The first-order valence-corrected chi connectivity index (χ1v) is 9.31. The Labute approximate surface area is 171 Å². The third-order valence-electron chi connectivity index (χ3n) is 4.20. The lowest BCUT2D eigenvalue weighted by Gasteiger charge is -2.13. The van der Waals surface area contributed by atoms with Gasteiger partial charge in [0.15, 0.2) is 24.7 Å². The number of rotatable bonds is 8. The molecule has 29 heavy (non-hydrogen) atoms. The Balaban J connectivity index is 1.87. The van der Waals surface area contributed by atoms with Crippen LogP contribution in [0, 0.1) is 20.8 Å². The highest BCUT2D eigenvalue weighted by molar-refractivity contribution is 5.94. The second-order valence-electron chi connectivity index (χ2n) is 6.68. The summed E-state index contributed by atoms with van der Waals surface area (Å²) in [4.78, 5) is 24.1. The van der Waals surface area contributed by atoms with Crippen LogP contribution in [0.3, 0.4) is 0 Å². The van der Waals surface area contributed by atoms with Gasteiger partial charge in [-0.2, -0.15) is 0 Å². The molecule has 0 unspecified atom stereocenters. The smallest absolute Gasteiger partial charge is 0.344 e. The van der Waals surface area contributed by atoms with E-state index in [4.69, 9.17) is 14.2 Å². The quantitative estimate of drug-likeness (QED) is 0.676. The molecule has 0 fully saturated rings. The fourth-order valence-corrected chi connectivity index (χ4v) is 2.98. The number of anilines is 1. The van der Waals surface area contributed by atoms with Gasteiger partial charge in [-0.1, -0.05) is 35.9 Å². The average Bonchev–Trinajstić information content (AvgIpc) is 2.68. The Hall–Kier alpha value is -3.28. The van der Waals surface area contributed by atoms with Crippen molar-refractivity contribution in [3.8, 4) is 11.5 Å². The molecule has 0 spiro atoms. The molecule has 2 rings (SSSR count). The summed E-state index contributed by atoms with van der Waals surface area (Å²) < 4.78 is 15.8. The van der Waals surface area contributed by atoms with Crippen LogP contribution < -0.4 is 14.8 Å². The van der Waals surface area contributed by atoms with Gasteiger partial charge < -0.3 is 19.5 Å². The third-order valence-corrected chi connectivity index (χ3v) is 4.20. The van der Waals surface area contributed by atoms with E-state index in [2.05, 4.69) is 5.32 Å². The normalized spacial score (nSPS) is 10.7. The van der Waals surface area contributed by atoms with Crippen molar-refractivity contribution in [2.45, 2.75) is 27.7 Å². The molecule has 1 N–H and O–H groups in total. The molecule has 0 aromatic heterocycles. The number of esters is 1. The molecule has 1 amide bonds. The fraction of sp³-hybridized carbons (Fsp3) is 0.304. The zero-order valence-corrected chi connectivity index (χ0v) is 17.5. The van der Waals surface area contributed by atoms with Gasteiger partial charge in [0.1, 0.15) is 0 Å². The number of carbonyl (C=O) groups is 2. The molecule has 0 aliphatic heterocycles. The predicted molar refractivity (Wildman–Crippen MR) is 113 cm³/mol. The number of hydrogen-bond acceptors (Lipinski definition) is 5. The van der Waals surface area contributed by atoms with Crippen molar-refractivity contribution in [1.29, 1.82) is 0 Å². The second kappa shape index (κ2) is 10.3. The molecule has 2 aromatic carbocycles. The highest BCUT2D eigenvalue weighted by Gasteiger charge is 2.13. The molecular formula is C23H27NO5. The summed E-state index contributed by atoms with van der Waals surface area (Å²) in [6, 6.07) is 9.34. The first-order valence-electron chi connectivity index (χ1n) is 9.31. The maximum absolute atomic E-state index is 12.1. The summed E-state index contributed by atoms with van der Waals surface area (Å²) in [5.41, 5.74) is 4.73. The van der Waals surface area contributed by atoms with Crippen LogP contribution in [0.4, 0.5) is 5.69 Å². The molecule has 0 bridgehead atoms. The molecule has 0 saturated heterocycles. The van der Waals surface area contributed by atoms with E-state index in [1.54, 1.807) is 12.1 Å². The lowest BCUT2D eigenvalue weighted by molar-refractivity contribution is -0.149. The van der Waals surface area contributed by atoms with Crippen LogP contribution in [0.1, 0.15) is 29.2 Å². The van der Waals surface area contributed by atoms with Gasteiger partial charge in [0, 0.05) is 5.69 Å². The van der Waals surface area contributed by atoms with E-state index >= 15 is 0 Å². The average molecular weight is 397 g/mol. The number of methoxy groups -OCH3 is 1. The lowest BCUT2D eigenvalue weighted by atomic mass is 10.1. The first-order chi connectivity index (χ1) is 13.8. The molecule has 0 atom stereocenters. The van der Waals surface area contributed by atoms with Crippen molar-refractivity contribution in [2.75, 3.05) is 25.6 Å². The van der Waals surface area contributed by atoms with Crippen molar-refractivity contribution < 1.29 is 23.8 Å². The molecule has 2 aromatic rings. The van der Waals surface area contributed by atoms with E-state index in [0.29, 0.717) is 11.5 Å². The number of hydrogen-bond donors (Lipinski definition) is 1. The van der Waals surface area contributed by atoms with E-state index in [1.165, 1.54) is 7.11 Å². The van der Waals surface area contributed by atoms with Gasteiger partial charge in [-0.15, -0.1) is 0 Å². The van der Waals surface area contributed by atoms with Crippen LogP contribution in [0.15, 0.2) is 36.4 Å². The van der Waals surface area contributed by atoms with Gasteiger partial charge in [0.05, 0.1) is 7.11 Å². The zero-order chi connectivity index (χ0) is 21.4. The van der Waals surface area contributed by atoms with Crippen LogP contribution in [-0.4, -0.2) is 32.2 Å². The number of carbonyl (C=O) groups excluding carboxylic acids is 2. The van der Waals surface area contributed by atoms with Gasteiger partial charge in [0.25, 0.3) is 5.91 Å². The lowest BCUT2D eigenvalue weighted by Crippen LogP contribution is -2.24. The van der Waals surface area contributed by atoms with Gasteiger partial charge in [0.2, 0.25) is 0 Å². The second-order valence-corrected chi connectivity index (χ2v) is 6.68. The SMILES string of the molecule is C/C=C/c1ccc(OCC(=O)OCC(=O)Nc2c(C)cc(C)cc2C)c(OC)c1. The minimum Gasteiger partial charge on any atom is -0.493 e. The molecule has 0 heterocycles. The number of ether oxygens (including phenoxy) is 3. The highest BCUT2D eigenvalue weighted by atomic mass is 16.6. The predicted octanol–water partition coefficient (Wildman–Crippen LogP) is 4.21. The van der Waals surface area contributed by atoms with Crippen LogP contribution in [0.2, 0.25) is 0 Å². The molecule has 6 heteroatoms. The fourth-order valence-electron chi connectivity index (χ4n) is 2.98. The number of benzene rings is 2. The van der Waals surface area contributed by atoms with Gasteiger partial charge in [-0.25, -0.2) is 4.79 Å². The Kier molecular flexibility index (Phi) is 7.83. The highest BCUT2D eigenvalue weighted by Crippen LogP contribution is 2.28. The van der Waals surface area contributed by atoms with Crippen LogP contribution in [0.25, 0.3) is 6.08 Å². The van der Waals surface area contributed by atoms with Crippen molar-refractivity contribution in [3.05, 3.63) is 58.7 Å². The third kappa shape index (κ3) is 6.38. The van der Waals surface area contributed by atoms with E-state index < -0.39 is 11.9 Å². The van der Waals surface area contributed by atoms with Gasteiger partial charge in [-0.3, -0.25) is 4.79 Å². The number of amides is 1. The van der Waals surface area contributed by atoms with Crippen LogP contribution in [-0.2, 0) is 14.3 Å². The first kappa shape index (κ1) is 22.0. The summed E-state index contributed by atoms with van der Waals surface area (Å²) in [6.45, 7) is 7.05. The summed E-state index contributed by atoms with van der Waals surface area (Å²) >= 11 is 0. The maximum Gasteiger partial charge on any atom is 0.344 e. The molecular weight excluding hydrogens is 370 g/mol. The molecule has 0 aliphatic rings. The Morgan fingerprint density at radius 1 is 1.00 bits per heavy atom. The standard InChI is InChI=1S/C23H27NO5/c1-6-7-18-8-9-19(20(12-18)27-5)28-14-22(26)29-13-21(25)24-23-16(3)10-15(2)11-17(23)4/h6-12H,13-14H2,1-5H3,(H,24,25)/b7-6+. The van der Waals surface area contributed by atoms with E-state index in [9.17, 15) is 9.59 Å². The summed E-state index contributed by atoms with van der Waals surface area (Å²) in [7, 11) is 1.53. The Morgan fingerprint density at radius 2 is 1.69 bits per heavy atom. The van der Waals surface area contributed by atoms with Crippen molar-refractivity contribution >= 4 is 23.6 Å². The van der Waals surface area contributed by atoms with E-state index in [0.717, 1.165) is 27.9 Å². The van der Waals surface area contributed by atoms with Crippen LogP contribution in [0.5, 0.6) is 11.5 Å². The van der Waals surface area contributed by atoms with Crippen molar-refractivity contribution in [2.24, 2.45) is 0 Å². The zero-order valence-electron chi connectivity index (χ0n) is 17.5. The van der Waals surface area contributed by atoms with Gasteiger partial charge >= 0.3 is 5.97 Å². The maximum atomic E-state index is 12.1.